The summed E-state index contributed by atoms with van der Waals surface area (Å²) in [6, 6.07) is 7.26. The molecule has 0 spiro atoms. The van der Waals surface area contributed by atoms with E-state index in [1.54, 1.807) is 29.2 Å². The number of halogens is 1. The van der Waals surface area contributed by atoms with Crippen LogP contribution in [0.1, 0.15) is 0 Å². The molecule has 0 amide bonds. The fourth-order valence-corrected chi connectivity index (χ4v) is 4.59. The van der Waals surface area contributed by atoms with Gasteiger partial charge in [-0.1, -0.05) is 0 Å². The van der Waals surface area contributed by atoms with Crippen LogP contribution < -0.4 is 9.64 Å². The minimum absolute atomic E-state index is 0.00511. The van der Waals surface area contributed by atoms with Gasteiger partial charge >= 0.3 is 0 Å². The van der Waals surface area contributed by atoms with Gasteiger partial charge in [-0.15, -0.1) is 0 Å². The van der Waals surface area contributed by atoms with Crippen molar-refractivity contribution >= 4 is 15.8 Å². The zero-order valence-electron chi connectivity index (χ0n) is 15.6. The third kappa shape index (κ3) is 3.78. The molecule has 152 valence electrons. The predicted octanol–water partition coefficient (Wildman–Crippen LogP) is 1.32. The molecule has 0 aliphatic carbocycles. The van der Waals surface area contributed by atoms with E-state index in [9.17, 15) is 12.8 Å². The Balaban J connectivity index is 1.48. The molecule has 9 nitrogen and oxygen atoms in total. The van der Waals surface area contributed by atoms with Crippen molar-refractivity contribution in [1.82, 2.24) is 24.1 Å². The van der Waals surface area contributed by atoms with E-state index >= 15 is 0 Å². The minimum Gasteiger partial charge on any atom is -0.494 e. The monoisotopic (exact) mass is 418 g/mol. The first-order chi connectivity index (χ1) is 14.0. The fourth-order valence-electron chi connectivity index (χ4n) is 3.15. The van der Waals surface area contributed by atoms with Crippen LogP contribution in [0.2, 0.25) is 0 Å². The van der Waals surface area contributed by atoms with Crippen LogP contribution in [0.3, 0.4) is 0 Å². The first-order valence-electron chi connectivity index (χ1n) is 8.90. The van der Waals surface area contributed by atoms with Crippen molar-refractivity contribution in [3.63, 3.8) is 0 Å². The van der Waals surface area contributed by atoms with Crippen molar-refractivity contribution in [1.29, 1.82) is 0 Å². The molecule has 1 aliphatic rings. The van der Waals surface area contributed by atoms with E-state index in [0.29, 0.717) is 24.7 Å². The molecule has 1 aliphatic heterocycles. The number of anilines is 1. The van der Waals surface area contributed by atoms with Crippen LogP contribution in [-0.4, -0.2) is 65.8 Å². The van der Waals surface area contributed by atoms with E-state index in [1.807, 2.05) is 4.90 Å². The number of aromatic nitrogens is 4. The molecule has 11 heteroatoms. The maximum Gasteiger partial charge on any atom is 0.243 e. The molecule has 0 saturated carbocycles. The van der Waals surface area contributed by atoms with Crippen LogP contribution in [0.15, 0.2) is 53.9 Å². The average Bonchev–Trinajstić information content (AvgIpc) is 3.29. The van der Waals surface area contributed by atoms with E-state index < -0.39 is 15.8 Å². The van der Waals surface area contributed by atoms with Gasteiger partial charge in [0.2, 0.25) is 10.0 Å². The van der Waals surface area contributed by atoms with E-state index in [0.717, 1.165) is 6.07 Å². The molecule has 0 radical (unpaired) electrons. The molecule has 4 rings (SSSR count). The second-order valence-corrected chi connectivity index (χ2v) is 8.31. The molecular weight excluding hydrogens is 399 g/mol. The Hall–Kier alpha value is -3.05. The van der Waals surface area contributed by atoms with Crippen molar-refractivity contribution < 1.29 is 17.5 Å². The molecule has 3 aromatic rings. The van der Waals surface area contributed by atoms with Gasteiger partial charge in [-0.25, -0.2) is 27.5 Å². The van der Waals surface area contributed by atoms with Crippen LogP contribution in [0.25, 0.3) is 5.82 Å². The number of sulfonamides is 1. The molecule has 0 atom stereocenters. The first kappa shape index (κ1) is 19.3. The lowest BCUT2D eigenvalue weighted by atomic mass is 10.3. The van der Waals surface area contributed by atoms with Gasteiger partial charge in [0.15, 0.2) is 17.4 Å². The Morgan fingerprint density at radius 3 is 2.48 bits per heavy atom. The number of benzene rings is 1. The normalized spacial score (nSPS) is 15.4. The molecule has 0 N–H and O–H groups in total. The van der Waals surface area contributed by atoms with Crippen LogP contribution in [0.4, 0.5) is 10.2 Å². The van der Waals surface area contributed by atoms with Gasteiger partial charge in [0.25, 0.3) is 0 Å². The summed E-state index contributed by atoms with van der Waals surface area (Å²) < 4.78 is 47.5. The molecule has 0 bridgehead atoms. The van der Waals surface area contributed by atoms with Gasteiger partial charge in [0.05, 0.1) is 12.0 Å². The molecular formula is C18H19FN6O3S. The Morgan fingerprint density at radius 1 is 1.07 bits per heavy atom. The summed E-state index contributed by atoms with van der Waals surface area (Å²) in [6.07, 6.45) is 4.90. The molecule has 3 heterocycles. The molecule has 1 saturated heterocycles. The number of hydrogen-bond acceptors (Lipinski definition) is 7. The summed E-state index contributed by atoms with van der Waals surface area (Å²) in [5.74, 6) is 0.617. The molecule has 1 aromatic carbocycles. The lowest BCUT2D eigenvalue weighted by Gasteiger charge is -2.34. The Bertz CT molecular complexity index is 1100. The Labute approximate surface area is 167 Å². The first-order valence-corrected chi connectivity index (χ1v) is 10.3. The van der Waals surface area contributed by atoms with Gasteiger partial charge in [-0.2, -0.15) is 9.40 Å². The zero-order valence-corrected chi connectivity index (χ0v) is 16.5. The third-order valence-electron chi connectivity index (χ3n) is 4.70. The highest BCUT2D eigenvalue weighted by Crippen LogP contribution is 2.25. The quantitative estimate of drug-likeness (QED) is 0.617. The zero-order chi connectivity index (χ0) is 20.4. The summed E-state index contributed by atoms with van der Waals surface area (Å²) in [6.45, 7) is 1.43. The summed E-state index contributed by atoms with van der Waals surface area (Å²) >= 11 is 0. The van der Waals surface area contributed by atoms with E-state index in [-0.39, 0.29) is 23.7 Å². The number of rotatable bonds is 5. The Morgan fingerprint density at radius 2 is 1.83 bits per heavy atom. The van der Waals surface area contributed by atoms with Crippen LogP contribution in [0, 0.1) is 5.82 Å². The summed E-state index contributed by atoms with van der Waals surface area (Å²) in [4.78, 5) is 10.4. The van der Waals surface area contributed by atoms with Crippen molar-refractivity contribution in [2.75, 3.05) is 38.2 Å². The lowest BCUT2D eigenvalue weighted by molar-refractivity contribution is 0.379. The van der Waals surface area contributed by atoms with Crippen molar-refractivity contribution in [3.8, 4) is 11.6 Å². The summed E-state index contributed by atoms with van der Waals surface area (Å²) in [5, 5.41) is 4.15. The standard InChI is InChI=1S/C18H19FN6O3S/c1-28-16-4-3-14(11-15(16)19)29(26,27)24-9-7-23(8-10-24)17-12-18(21-13-20-17)25-6-2-5-22-25/h2-6,11-13H,7-10H2,1H3. The SMILES string of the molecule is COc1ccc(S(=O)(=O)N2CCN(c3cc(-n4cccn4)ncn3)CC2)cc1F. The van der Waals surface area contributed by atoms with Crippen molar-refractivity contribution in [2.24, 2.45) is 0 Å². The number of nitrogens with zero attached hydrogens (tertiary/aromatic N) is 6. The highest BCUT2D eigenvalue weighted by Gasteiger charge is 2.29. The second-order valence-electron chi connectivity index (χ2n) is 6.37. The predicted molar refractivity (Wildman–Crippen MR) is 103 cm³/mol. The van der Waals surface area contributed by atoms with Gasteiger partial charge < -0.3 is 9.64 Å². The van der Waals surface area contributed by atoms with Crippen molar-refractivity contribution in [3.05, 3.63) is 54.9 Å². The van der Waals surface area contributed by atoms with Crippen molar-refractivity contribution in [2.45, 2.75) is 4.90 Å². The topological polar surface area (TPSA) is 93.5 Å². The van der Waals surface area contributed by atoms with E-state index in [4.69, 9.17) is 4.74 Å². The number of ether oxygens (including phenoxy) is 1. The van der Waals surface area contributed by atoms with E-state index in [1.165, 1.54) is 29.9 Å². The maximum absolute atomic E-state index is 13.9. The molecule has 2 aromatic heterocycles. The van der Waals surface area contributed by atoms with Gasteiger partial charge in [-0.3, -0.25) is 0 Å². The Kier molecular flexibility index (Phi) is 5.16. The second kappa shape index (κ2) is 7.76. The fraction of sp³-hybridized carbons (Fsp3) is 0.278. The molecule has 1 fully saturated rings. The maximum atomic E-state index is 13.9. The molecule has 0 unspecified atom stereocenters. The smallest absolute Gasteiger partial charge is 0.243 e. The minimum atomic E-state index is -3.79. The number of piperazine rings is 1. The summed E-state index contributed by atoms with van der Waals surface area (Å²) in [7, 11) is -2.46. The lowest BCUT2D eigenvalue weighted by Crippen LogP contribution is -2.49. The number of methoxy groups -OCH3 is 1. The van der Waals surface area contributed by atoms with Crippen LogP contribution in [0.5, 0.6) is 5.75 Å². The van der Waals surface area contributed by atoms with Gasteiger partial charge in [-0.05, 0) is 24.3 Å². The number of hydrogen-bond donors (Lipinski definition) is 0. The largest absolute Gasteiger partial charge is 0.494 e. The average molecular weight is 418 g/mol. The highest BCUT2D eigenvalue weighted by molar-refractivity contribution is 7.89. The summed E-state index contributed by atoms with van der Waals surface area (Å²) in [5.41, 5.74) is 0. The van der Waals surface area contributed by atoms with Gasteiger partial charge in [0, 0.05) is 44.6 Å². The highest BCUT2D eigenvalue weighted by atomic mass is 32.2. The van der Waals surface area contributed by atoms with Crippen LogP contribution in [-0.2, 0) is 10.0 Å². The van der Waals surface area contributed by atoms with E-state index in [2.05, 4.69) is 15.1 Å². The van der Waals surface area contributed by atoms with Gasteiger partial charge in [0.1, 0.15) is 12.1 Å². The third-order valence-corrected chi connectivity index (χ3v) is 6.60. The molecule has 29 heavy (non-hydrogen) atoms. The van der Waals surface area contributed by atoms with Crippen LogP contribution >= 0.6 is 0 Å².